The van der Waals surface area contributed by atoms with E-state index in [0.29, 0.717) is 18.9 Å². The third-order valence-electron chi connectivity index (χ3n) is 4.11. The lowest BCUT2D eigenvalue weighted by atomic mass is 10.0. The molecule has 2 rings (SSSR count). The van der Waals surface area contributed by atoms with Crippen LogP contribution in [-0.2, 0) is 16.0 Å². The highest BCUT2D eigenvalue weighted by Crippen LogP contribution is 2.25. The Morgan fingerprint density at radius 2 is 1.88 bits per heavy atom. The van der Waals surface area contributed by atoms with Gasteiger partial charge in [-0.25, -0.2) is 4.98 Å². The Morgan fingerprint density at radius 3 is 2.54 bits per heavy atom. The summed E-state index contributed by atoms with van der Waals surface area (Å²) in [6, 6.07) is 8.40. The minimum Gasteiger partial charge on any atom is -0.481 e. The van der Waals surface area contributed by atoms with E-state index in [4.69, 9.17) is 5.11 Å². The van der Waals surface area contributed by atoms with E-state index in [-0.39, 0.29) is 18.7 Å². The van der Waals surface area contributed by atoms with Crippen molar-refractivity contribution in [3.63, 3.8) is 0 Å². The molecule has 0 radical (unpaired) electrons. The number of amides is 1. The maximum Gasteiger partial charge on any atom is 0.303 e. The molecule has 5 nitrogen and oxygen atoms in total. The monoisotopic (exact) mass is 374 g/mol. The van der Waals surface area contributed by atoms with Gasteiger partial charge < -0.3 is 10.4 Å². The molecule has 0 aliphatic heterocycles. The molecule has 0 spiro atoms. The summed E-state index contributed by atoms with van der Waals surface area (Å²) in [6.07, 6.45) is 2.71. The van der Waals surface area contributed by atoms with Gasteiger partial charge in [0, 0.05) is 23.9 Å². The molecule has 0 saturated heterocycles. The van der Waals surface area contributed by atoms with Crippen LogP contribution in [0.4, 0.5) is 0 Å². The molecule has 0 bridgehead atoms. The van der Waals surface area contributed by atoms with Gasteiger partial charge in [0.1, 0.15) is 5.01 Å². The van der Waals surface area contributed by atoms with Crippen molar-refractivity contribution in [1.29, 1.82) is 0 Å². The van der Waals surface area contributed by atoms with Gasteiger partial charge in [-0.2, -0.15) is 0 Å². The minimum atomic E-state index is -0.771. The number of carboxylic acids is 1. The Morgan fingerprint density at radius 1 is 1.15 bits per heavy atom. The van der Waals surface area contributed by atoms with E-state index in [1.807, 2.05) is 5.38 Å². The standard InChI is InChI=1S/C20H26N2O3S/c1-14(2)15-7-9-16(10-8-15)20-22-17(13-26-20)12-18(23)21-11-5-3-4-6-19(24)25/h7-10,13-14H,3-6,11-12H2,1-2H3,(H,21,23)(H,24,25). The molecule has 2 N–H and O–H groups in total. The third-order valence-corrected chi connectivity index (χ3v) is 5.05. The molecule has 1 aromatic carbocycles. The number of nitrogens with zero attached hydrogens (tertiary/aromatic N) is 1. The first kappa shape index (κ1) is 20.1. The fourth-order valence-corrected chi connectivity index (χ4v) is 3.39. The van der Waals surface area contributed by atoms with Crippen molar-refractivity contribution in [2.24, 2.45) is 0 Å². The summed E-state index contributed by atoms with van der Waals surface area (Å²) in [5.74, 6) is -0.314. The zero-order chi connectivity index (χ0) is 18.9. The highest BCUT2D eigenvalue weighted by molar-refractivity contribution is 7.13. The molecule has 1 heterocycles. The number of carboxylic acid groups (broad SMARTS) is 1. The Bertz CT molecular complexity index is 723. The number of hydrogen-bond acceptors (Lipinski definition) is 4. The number of hydrogen-bond donors (Lipinski definition) is 2. The average Bonchev–Trinajstić information content (AvgIpc) is 3.06. The second kappa shape index (κ2) is 10.1. The first-order valence-electron chi connectivity index (χ1n) is 8.99. The van der Waals surface area contributed by atoms with Crippen LogP contribution in [0, 0.1) is 0 Å². The third kappa shape index (κ3) is 6.59. The normalized spacial score (nSPS) is 10.9. The van der Waals surface area contributed by atoms with Crippen LogP contribution >= 0.6 is 11.3 Å². The lowest BCUT2D eigenvalue weighted by Gasteiger charge is -2.05. The van der Waals surface area contributed by atoms with E-state index in [0.717, 1.165) is 29.1 Å². The van der Waals surface area contributed by atoms with Gasteiger partial charge >= 0.3 is 5.97 Å². The fraction of sp³-hybridized carbons (Fsp3) is 0.450. The smallest absolute Gasteiger partial charge is 0.303 e. The van der Waals surface area contributed by atoms with Crippen molar-refractivity contribution in [1.82, 2.24) is 10.3 Å². The molecular weight excluding hydrogens is 348 g/mol. The highest BCUT2D eigenvalue weighted by atomic mass is 32.1. The van der Waals surface area contributed by atoms with Crippen LogP contribution < -0.4 is 5.32 Å². The summed E-state index contributed by atoms with van der Waals surface area (Å²) < 4.78 is 0. The van der Waals surface area contributed by atoms with Crippen LogP contribution in [-0.4, -0.2) is 28.5 Å². The van der Waals surface area contributed by atoms with Gasteiger partial charge in [-0.1, -0.05) is 44.5 Å². The van der Waals surface area contributed by atoms with E-state index in [2.05, 4.69) is 48.4 Å². The molecule has 140 valence electrons. The maximum absolute atomic E-state index is 12.0. The molecule has 1 amide bonds. The SMILES string of the molecule is CC(C)c1ccc(-c2nc(CC(=O)NCCCCCC(=O)O)cs2)cc1. The molecule has 2 aromatic rings. The second-order valence-electron chi connectivity index (χ2n) is 6.65. The predicted molar refractivity (Wildman–Crippen MR) is 104 cm³/mol. The van der Waals surface area contributed by atoms with Crippen LogP contribution in [0.5, 0.6) is 0 Å². The molecule has 0 saturated carbocycles. The summed E-state index contributed by atoms with van der Waals surface area (Å²) in [7, 11) is 0. The Balaban J connectivity index is 1.77. The lowest BCUT2D eigenvalue weighted by molar-refractivity contribution is -0.137. The lowest BCUT2D eigenvalue weighted by Crippen LogP contribution is -2.26. The summed E-state index contributed by atoms with van der Waals surface area (Å²) >= 11 is 1.55. The molecule has 0 fully saturated rings. The van der Waals surface area contributed by atoms with Crippen LogP contribution in [0.2, 0.25) is 0 Å². The van der Waals surface area contributed by atoms with Crippen molar-refractivity contribution >= 4 is 23.2 Å². The molecule has 0 atom stereocenters. The summed E-state index contributed by atoms with van der Waals surface area (Å²) in [5, 5.41) is 14.3. The molecule has 26 heavy (non-hydrogen) atoms. The number of carbonyl (C=O) groups excluding carboxylic acids is 1. The van der Waals surface area contributed by atoms with E-state index in [9.17, 15) is 9.59 Å². The summed E-state index contributed by atoms with van der Waals surface area (Å²) in [6.45, 7) is 4.91. The quantitative estimate of drug-likeness (QED) is 0.610. The maximum atomic E-state index is 12.0. The number of carbonyl (C=O) groups is 2. The van der Waals surface area contributed by atoms with E-state index in [1.54, 1.807) is 11.3 Å². The van der Waals surface area contributed by atoms with Crippen LogP contribution in [0.15, 0.2) is 29.6 Å². The van der Waals surface area contributed by atoms with Crippen LogP contribution in [0.25, 0.3) is 10.6 Å². The fourth-order valence-electron chi connectivity index (χ4n) is 2.56. The number of aromatic nitrogens is 1. The van der Waals surface area contributed by atoms with Crippen molar-refractivity contribution in [2.75, 3.05) is 6.54 Å². The number of unbranched alkanes of at least 4 members (excludes halogenated alkanes) is 2. The van der Waals surface area contributed by atoms with Gasteiger partial charge in [0.15, 0.2) is 0 Å². The molecule has 6 heteroatoms. The van der Waals surface area contributed by atoms with Crippen LogP contribution in [0.3, 0.4) is 0 Å². The first-order chi connectivity index (χ1) is 12.5. The van der Waals surface area contributed by atoms with E-state index >= 15 is 0 Å². The number of thiazole rings is 1. The average molecular weight is 375 g/mol. The Labute approximate surface area is 158 Å². The summed E-state index contributed by atoms with van der Waals surface area (Å²) in [4.78, 5) is 27.0. The number of nitrogens with one attached hydrogen (secondary N) is 1. The zero-order valence-corrected chi connectivity index (χ0v) is 16.1. The number of rotatable bonds is 10. The van der Waals surface area contributed by atoms with Crippen molar-refractivity contribution < 1.29 is 14.7 Å². The molecule has 0 aliphatic carbocycles. The Kier molecular flexibility index (Phi) is 7.78. The van der Waals surface area contributed by atoms with Crippen molar-refractivity contribution in [3.05, 3.63) is 40.9 Å². The number of benzene rings is 1. The van der Waals surface area contributed by atoms with Gasteiger partial charge in [-0.15, -0.1) is 11.3 Å². The predicted octanol–water partition coefficient (Wildman–Crippen LogP) is 4.24. The van der Waals surface area contributed by atoms with Gasteiger partial charge in [0.2, 0.25) is 5.91 Å². The first-order valence-corrected chi connectivity index (χ1v) is 9.87. The topological polar surface area (TPSA) is 79.3 Å². The van der Waals surface area contributed by atoms with Gasteiger partial charge in [-0.3, -0.25) is 9.59 Å². The van der Waals surface area contributed by atoms with E-state index < -0.39 is 5.97 Å². The van der Waals surface area contributed by atoms with Gasteiger partial charge in [-0.05, 0) is 24.3 Å². The zero-order valence-electron chi connectivity index (χ0n) is 15.3. The van der Waals surface area contributed by atoms with Crippen molar-refractivity contribution in [3.8, 4) is 10.6 Å². The van der Waals surface area contributed by atoms with Crippen molar-refractivity contribution in [2.45, 2.75) is 51.9 Å². The van der Waals surface area contributed by atoms with Gasteiger partial charge in [0.25, 0.3) is 0 Å². The Hall–Kier alpha value is -2.21. The second-order valence-corrected chi connectivity index (χ2v) is 7.51. The van der Waals surface area contributed by atoms with E-state index in [1.165, 1.54) is 5.56 Å². The highest BCUT2D eigenvalue weighted by Gasteiger charge is 2.09. The summed E-state index contributed by atoms with van der Waals surface area (Å²) in [5.41, 5.74) is 3.15. The van der Waals surface area contributed by atoms with Crippen LogP contribution in [0.1, 0.15) is 56.7 Å². The number of aliphatic carboxylic acids is 1. The molecule has 0 aliphatic rings. The molecule has 0 unspecified atom stereocenters. The molecule has 1 aromatic heterocycles. The minimum absolute atomic E-state index is 0.0461. The molecular formula is C20H26N2O3S. The largest absolute Gasteiger partial charge is 0.481 e. The van der Waals surface area contributed by atoms with Gasteiger partial charge in [0.05, 0.1) is 12.1 Å².